The summed E-state index contributed by atoms with van der Waals surface area (Å²) in [7, 11) is 0. The van der Waals surface area contributed by atoms with Gasteiger partial charge in [0.05, 0.1) is 5.69 Å². The second-order valence-corrected chi connectivity index (χ2v) is 5.38. The molecule has 0 aliphatic heterocycles. The predicted molar refractivity (Wildman–Crippen MR) is 72.8 cm³/mol. The fourth-order valence-corrected chi connectivity index (χ4v) is 2.63. The van der Waals surface area contributed by atoms with Crippen LogP contribution >= 0.6 is 35.0 Å². The summed E-state index contributed by atoms with van der Waals surface area (Å²) in [5.74, 6) is 0.758. The number of hydrogen-bond donors (Lipinski definition) is 0. The van der Waals surface area contributed by atoms with Crippen LogP contribution in [0.3, 0.4) is 0 Å². The number of halogens is 2. The Morgan fingerprint density at radius 1 is 1.12 bits per heavy atom. The first-order valence-corrected chi connectivity index (χ1v) is 6.76. The maximum Gasteiger partial charge on any atom is 0.119 e. The van der Waals surface area contributed by atoms with Gasteiger partial charge in [-0.25, -0.2) is 0 Å². The van der Waals surface area contributed by atoms with E-state index >= 15 is 0 Å². The average molecular weight is 285 g/mol. The number of thioether (sulfide) groups is 1. The fraction of sp³-hybridized carbons (Fsp3) is 0.167. The Labute approximate surface area is 114 Å². The number of aryl methyl sites for hydroxylation is 1. The molecule has 5 heteroatoms. The lowest BCUT2D eigenvalue weighted by atomic mass is 10.2. The first kappa shape index (κ1) is 12.7. The molecular weight excluding hydrogens is 275 g/mol. The number of benzene rings is 1. The molecule has 1 aromatic carbocycles. The molecular formula is C12H10Cl2N2S. The molecule has 1 aromatic heterocycles. The van der Waals surface area contributed by atoms with Crippen LogP contribution in [0.4, 0.5) is 0 Å². The van der Waals surface area contributed by atoms with E-state index in [0.717, 1.165) is 22.0 Å². The highest BCUT2D eigenvalue weighted by Gasteiger charge is 2.03. The van der Waals surface area contributed by atoms with E-state index in [1.807, 2.05) is 31.2 Å². The second-order valence-electron chi connectivity index (χ2n) is 3.54. The van der Waals surface area contributed by atoms with Gasteiger partial charge < -0.3 is 0 Å². The number of hydrogen-bond acceptors (Lipinski definition) is 3. The van der Waals surface area contributed by atoms with Gasteiger partial charge in [-0.1, -0.05) is 41.0 Å². The van der Waals surface area contributed by atoms with Crippen molar-refractivity contribution in [2.45, 2.75) is 17.7 Å². The van der Waals surface area contributed by atoms with Crippen molar-refractivity contribution < 1.29 is 0 Å². The van der Waals surface area contributed by atoms with E-state index in [-0.39, 0.29) is 0 Å². The van der Waals surface area contributed by atoms with Crippen LogP contribution in [-0.2, 0) is 5.75 Å². The Morgan fingerprint density at radius 3 is 2.59 bits per heavy atom. The molecule has 0 unspecified atom stereocenters. The van der Waals surface area contributed by atoms with Crippen molar-refractivity contribution >= 4 is 35.0 Å². The molecule has 0 amide bonds. The van der Waals surface area contributed by atoms with Crippen molar-refractivity contribution in [1.29, 1.82) is 0 Å². The molecule has 88 valence electrons. The summed E-state index contributed by atoms with van der Waals surface area (Å²) in [6.07, 6.45) is 0. The summed E-state index contributed by atoms with van der Waals surface area (Å²) in [4.78, 5) is 0. The quantitative estimate of drug-likeness (QED) is 0.782. The van der Waals surface area contributed by atoms with Gasteiger partial charge in [0.2, 0.25) is 0 Å². The average Bonchev–Trinajstić information content (AvgIpc) is 2.30. The monoisotopic (exact) mass is 284 g/mol. The molecule has 0 fully saturated rings. The molecule has 0 radical (unpaired) electrons. The van der Waals surface area contributed by atoms with Crippen LogP contribution in [0, 0.1) is 6.92 Å². The Morgan fingerprint density at radius 2 is 1.94 bits per heavy atom. The molecule has 0 aliphatic carbocycles. The van der Waals surface area contributed by atoms with E-state index in [2.05, 4.69) is 10.2 Å². The molecule has 0 saturated heterocycles. The molecule has 1 heterocycles. The van der Waals surface area contributed by atoms with Gasteiger partial charge in [-0.05, 0) is 36.8 Å². The summed E-state index contributed by atoms with van der Waals surface area (Å²) < 4.78 is 0. The molecule has 2 aromatic rings. The number of aromatic nitrogens is 2. The highest BCUT2D eigenvalue weighted by atomic mass is 35.5. The van der Waals surface area contributed by atoms with Crippen molar-refractivity contribution in [2.75, 3.05) is 0 Å². The van der Waals surface area contributed by atoms with Gasteiger partial charge in [-0.2, -0.15) is 5.10 Å². The lowest BCUT2D eigenvalue weighted by Gasteiger charge is -2.04. The zero-order chi connectivity index (χ0) is 12.3. The molecule has 0 bridgehead atoms. The Balaban J connectivity index is 2.04. The summed E-state index contributed by atoms with van der Waals surface area (Å²) in [5.41, 5.74) is 1.96. The van der Waals surface area contributed by atoms with Gasteiger partial charge in [-0.15, -0.1) is 5.10 Å². The molecule has 0 aliphatic rings. The van der Waals surface area contributed by atoms with Crippen molar-refractivity contribution in [3.05, 3.63) is 51.6 Å². The van der Waals surface area contributed by atoms with E-state index in [9.17, 15) is 0 Å². The maximum absolute atomic E-state index is 6.09. The minimum Gasteiger partial charge on any atom is -0.155 e. The Kier molecular flexibility index (Phi) is 4.26. The SMILES string of the molecule is Cc1ccc(SCc2ccc(Cl)cc2Cl)nn1. The number of nitrogens with zero attached hydrogens (tertiary/aromatic N) is 2. The van der Waals surface area contributed by atoms with Crippen molar-refractivity contribution in [2.24, 2.45) is 0 Å². The third-order valence-corrected chi connectivity index (χ3v) is 3.72. The predicted octanol–water partition coefficient (Wildman–Crippen LogP) is 4.38. The van der Waals surface area contributed by atoms with E-state index in [4.69, 9.17) is 23.2 Å². The van der Waals surface area contributed by atoms with Crippen molar-refractivity contribution in [3.63, 3.8) is 0 Å². The van der Waals surface area contributed by atoms with Gasteiger partial charge in [0.1, 0.15) is 5.03 Å². The van der Waals surface area contributed by atoms with Crippen molar-refractivity contribution in [3.8, 4) is 0 Å². The van der Waals surface area contributed by atoms with Crippen LogP contribution in [0.15, 0.2) is 35.4 Å². The Hall–Kier alpha value is -0.770. The van der Waals surface area contributed by atoms with E-state index in [1.165, 1.54) is 0 Å². The van der Waals surface area contributed by atoms with E-state index in [0.29, 0.717) is 10.0 Å². The molecule has 2 nitrogen and oxygen atoms in total. The van der Waals surface area contributed by atoms with Crippen LogP contribution in [0.1, 0.15) is 11.3 Å². The molecule has 0 saturated carbocycles. The fourth-order valence-electron chi connectivity index (χ4n) is 1.25. The summed E-state index contributed by atoms with van der Waals surface area (Å²) in [5, 5.41) is 10.3. The number of rotatable bonds is 3. The van der Waals surface area contributed by atoms with Gasteiger partial charge >= 0.3 is 0 Å². The largest absolute Gasteiger partial charge is 0.155 e. The third-order valence-electron chi connectivity index (χ3n) is 2.16. The summed E-state index contributed by atoms with van der Waals surface area (Å²) in [6, 6.07) is 9.42. The standard InChI is InChI=1S/C12H10Cl2N2S/c1-8-2-5-12(16-15-8)17-7-9-3-4-10(13)6-11(9)14/h2-6H,7H2,1H3. The van der Waals surface area contributed by atoms with Gasteiger partial charge in [-0.3, -0.25) is 0 Å². The molecule has 17 heavy (non-hydrogen) atoms. The normalized spacial score (nSPS) is 10.5. The van der Waals surface area contributed by atoms with Crippen LogP contribution < -0.4 is 0 Å². The second kappa shape index (κ2) is 5.71. The van der Waals surface area contributed by atoms with Crippen molar-refractivity contribution in [1.82, 2.24) is 10.2 Å². The van der Waals surface area contributed by atoms with Gasteiger partial charge in [0, 0.05) is 15.8 Å². The third kappa shape index (κ3) is 3.60. The Bertz CT molecular complexity index is 514. The topological polar surface area (TPSA) is 25.8 Å². The molecule has 0 atom stereocenters. The zero-order valence-electron chi connectivity index (χ0n) is 9.15. The lowest BCUT2D eigenvalue weighted by molar-refractivity contribution is 0.895. The van der Waals surface area contributed by atoms with E-state index in [1.54, 1.807) is 17.8 Å². The molecule has 2 rings (SSSR count). The highest BCUT2D eigenvalue weighted by Crippen LogP contribution is 2.27. The summed E-state index contributed by atoms with van der Waals surface area (Å²) >= 11 is 13.5. The lowest BCUT2D eigenvalue weighted by Crippen LogP contribution is -1.89. The van der Waals surface area contributed by atoms with E-state index < -0.39 is 0 Å². The molecule has 0 N–H and O–H groups in total. The van der Waals surface area contributed by atoms with Crippen LogP contribution in [-0.4, -0.2) is 10.2 Å². The first-order chi connectivity index (χ1) is 8.15. The molecule has 0 spiro atoms. The maximum atomic E-state index is 6.09. The minimum atomic E-state index is 0.652. The van der Waals surface area contributed by atoms with Crippen LogP contribution in [0.25, 0.3) is 0 Å². The van der Waals surface area contributed by atoms with Gasteiger partial charge in [0.15, 0.2) is 0 Å². The first-order valence-electron chi connectivity index (χ1n) is 5.02. The summed E-state index contributed by atoms with van der Waals surface area (Å²) in [6.45, 7) is 1.91. The zero-order valence-corrected chi connectivity index (χ0v) is 11.5. The minimum absolute atomic E-state index is 0.652. The van der Waals surface area contributed by atoms with Gasteiger partial charge in [0.25, 0.3) is 0 Å². The smallest absolute Gasteiger partial charge is 0.119 e. The highest BCUT2D eigenvalue weighted by molar-refractivity contribution is 7.98. The van der Waals surface area contributed by atoms with Crippen LogP contribution in [0.5, 0.6) is 0 Å². The van der Waals surface area contributed by atoms with Crippen LogP contribution in [0.2, 0.25) is 10.0 Å².